The Bertz CT molecular complexity index is 1120. The number of carbonyl (C=O) groups excluding carboxylic acids is 3. The summed E-state index contributed by atoms with van der Waals surface area (Å²) in [7, 11) is 4.12. The van der Waals surface area contributed by atoms with Crippen molar-refractivity contribution in [2.45, 2.75) is 25.3 Å². The number of hydrogen-bond acceptors (Lipinski definition) is 5. The van der Waals surface area contributed by atoms with E-state index in [2.05, 4.69) is 38.1 Å². The van der Waals surface area contributed by atoms with Crippen LogP contribution < -0.4 is 15.5 Å². The van der Waals surface area contributed by atoms with E-state index < -0.39 is 11.8 Å². The molecule has 180 valence electrons. The van der Waals surface area contributed by atoms with Crippen molar-refractivity contribution >= 4 is 29.1 Å². The molecule has 0 bridgehead atoms. The Hall–Kier alpha value is -3.17. The normalized spacial score (nSPS) is 19.1. The van der Waals surface area contributed by atoms with Crippen LogP contribution in [0.2, 0.25) is 0 Å². The predicted molar refractivity (Wildman–Crippen MR) is 130 cm³/mol. The first-order valence-electron chi connectivity index (χ1n) is 12.0. The van der Waals surface area contributed by atoms with Gasteiger partial charge in [-0.05, 0) is 55.3 Å². The van der Waals surface area contributed by atoms with Gasteiger partial charge in [-0.2, -0.15) is 0 Å². The van der Waals surface area contributed by atoms with Crippen molar-refractivity contribution in [3.8, 4) is 0 Å². The highest BCUT2D eigenvalue weighted by Gasteiger charge is 2.32. The van der Waals surface area contributed by atoms with E-state index in [9.17, 15) is 14.4 Å². The SMILES string of the molecule is CN1CCN(C(CNC(=O)C(=O)Nc2cc3c4c(c2)CCN4C(=O)CC3)c2cccn2C)CC1. The molecule has 9 heteroatoms. The topological polar surface area (TPSA) is 89.9 Å². The van der Waals surface area contributed by atoms with Crippen LogP contribution in [0.3, 0.4) is 0 Å². The van der Waals surface area contributed by atoms with Crippen molar-refractivity contribution in [3.63, 3.8) is 0 Å². The molecular formula is C25H32N6O3. The number of nitrogens with zero attached hydrogens (tertiary/aromatic N) is 4. The van der Waals surface area contributed by atoms with Crippen molar-refractivity contribution in [1.82, 2.24) is 19.7 Å². The molecule has 3 aliphatic rings. The van der Waals surface area contributed by atoms with Gasteiger partial charge < -0.3 is 25.0 Å². The van der Waals surface area contributed by atoms with Gasteiger partial charge in [0.25, 0.3) is 0 Å². The summed E-state index contributed by atoms with van der Waals surface area (Å²) in [6.45, 7) is 4.81. The van der Waals surface area contributed by atoms with Gasteiger partial charge in [0.2, 0.25) is 5.91 Å². The van der Waals surface area contributed by atoms with Gasteiger partial charge in [-0.3, -0.25) is 19.3 Å². The van der Waals surface area contributed by atoms with Crippen LogP contribution in [0.5, 0.6) is 0 Å². The second-order valence-corrected chi connectivity index (χ2v) is 9.50. The molecule has 1 aromatic heterocycles. The summed E-state index contributed by atoms with van der Waals surface area (Å²) in [6, 6.07) is 7.85. The lowest BCUT2D eigenvalue weighted by Gasteiger charge is -2.38. The third-order valence-electron chi connectivity index (χ3n) is 7.28. The number of benzene rings is 1. The number of amides is 3. The fourth-order valence-corrected chi connectivity index (χ4v) is 5.36. The Morgan fingerprint density at radius 1 is 0.971 bits per heavy atom. The molecule has 3 amide bonds. The molecule has 1 fully saturated rings. The van der Waals surface area contributed by atoms with Crippen molar-refractivity contribution in [1.29, 1.82) is 0 Å². The third-order valence-corrected chi connectivity index (χ3v) is 7.28. The number of hydrogen-bond donors (Lipinski definition) is 2. The number of aromatic nitrogens is 1. The maximum Gasteiger partial charge on any atom is 0.313 e. The van der Waals surface area contributed by atoms with Crippen LogP contribution in [-0.2, 0) is 34.3 Å². The van der Waals surface area contributed by atoms with Crippen molar-refractivity contribution in [2.75, 3.05) is 56.5 Å². The van der Waals surface area contributed by atoms with Gasteiger partial charge in [-0.1, -0.05) is 0 Å². The highest BCUT2D eigenvalue weighted by molar-refractivity contribution is 6.39. The molecule has 0 aliphatic carbocycles. The summed E-state index contributed by atoms with van der Waals surface area (Å²) >= 11 is 0. The summed E-state index contributed by atoms with van der Waals surface area (Å²) < 4.78 is 2.07. The number of likely N-dealkylation sites (N-methyl/N-ethyl adjacent to an activating group) is 1. The molecule has 0 spiro atoms. The molecule has 1 aromatic carbocycles. The van der Waals surface area contributed by atoms with Gasteiger partial charge >= 0.3 is 11.8 Å². The Morgan fingerprint density at radius 2 is 1.71 bits per heavy atom. The first kappa shape index (κ1) is 22.6. The average molecular weight is 465 g/mol. The van der Waals surface area contributed by atoms with E-state index >= 15 is 0 Å². The standard InChI is InChI=1S/C25H32N6O3/c1-28-10-12-30(13-11-28)21(20-4-3-8-29(20)2)16-26-24(33)25(34)27-19-14-17-5-6-22(32)31-9-7-18(15-19)23(17)31/h3-4,8,14-15,21H,5-7,9-13,16H2,1-2H3,(H,26,33)(H,27,34). The zero-order valence-electron chi connectivity index (χ0n) is 19.8. The molecule has 0 saturated carbocycles. The molecule has 3 aliphatic heterocycles. The minimum Gasteiger partial charge on any atom is -0.353 e. The molecule has 0 radical (unpaired) electrons. The summed E-state index contributed by atoms with van der Waals surface area (Å²) in [5.41, 5.74) is 4.84. The molecule has 1 saturated heterocycles. The third kappa shape index (κ3) is 4.33. The number of nitrogens with one attached hydrogen (secondary N) is 2. The first-order valence-corrected chi connectivity index (χ1v) is 12.0. The monoisotopic (exact) mass is 464 g/mol. The van der Waals surface area contributed by atoms with Crippen LogP contribution in [-0.4, -0.2) is 78.4 Å². The van der Waals surface area contributed by atoms with Crippen LogP contribution >= 0.6 is 0 Å². The van der Waals surface area contributed by atoms with E-state index in [0.717, 1.165) is 55.1 Å². The van der Waals surface area contributed by atoms with E-state index in [1.807, 2.05) is 36.3 Å². The smallest absolute Gasteiger partial charge is 0.313 e. The van der Waals surface area contributed by atoms with E-state index in [0.29, 0.717) is 31.6 Å². The summed E-state index contributed by atoms with van der Waals surface area (Å²) in [4.78, 5) is 44.1. The zero-order valence-corrected chi connectivity index (χ0v) is 19.8. The minimum absolute atomic E-state index is 0.00146. The fraction of sp³-hybridized carbons (Fsp3) is 0.480. The highest BCUT2D eigenvalue weighted by atomic mass is 16.2. The van der Waals surface area contributed by atoms with Gasteiger partial charge in [0.15, 0.2) is 0 Å². The fourth-order valence-electron chi connectivity index (χ4n) is 5.36. The van der Waals surface area contributed by atoms with E-state index in [1.165, 1.54) is 0 Å². The van der Waals surface area contributed by atoms with Gasteiger partial charge in [0.05, 0.1) is 11.7 Å². The first-order chi connectivity index (χ1) is 16.4. The number of rotatable bonds is 5. The van der Waals surface area contributed by atoms with Crippen LogP contribution in [0.4, 0.5) is 11.4 Å². The Balaban J connectivity index is 1.25. The molecule has 1 unspecified atom stereocenters. The van der Waals surface area contributed by atoms with Crippen LogP contribution in [0, 0.1) is 0 Å². The summed E-state index contributed by atoms with van der Waals surface area (Å²) in [5, 5.41) is 5.63. The second-order valence-electron chi connectivity index (χ2n) is 9.50. The van der Waals surface area contributed by atoms with E-state index in [-0.39, 0.29) is 11.9 Å². The Labute approximate surface area is 199 Å². The van der Waals surface area contributed by atoms with Crippen molar-refractivity contribution in [2.24, 2.45) is 7.05 Å². The molecule has 4 heterocycles. The van der Waals surface area contributed by atoms with Crippen LogP contribution in [0.15, 0.2) is 30.5 Å². The van der Waals surface area contributed by atoms with Crippen LogP contribution in [0.1, 0.15) is 29.3 Å². The largest absolute Gasteiger partial charge is 0.353 e. The predicted octanol–water partition coefficient (Wildman–Crippen LogP) is 0.904. The number of carbonyl (C=O) groups is 3. The maximum atomic E-state index is 12.7. The minimum atomic E-state index is -0.669. The lowest BCUT2D eigenvalue weighted by atomic mass is 9.98. The van der Waals surface area contributed by atoms with Crippen LogP contribution in [0.25, 0.3) is 0 Å². The molecule has 34 heavy (non-hydrogen) atoms. The van der Waals surface area contributed by atoms with Crippen molar-refractivity contribution in [3.05, 3.63) is 47.3 Å². The van der Waals surface area contributed by atoms with E-state index in [4.69, 9.17) is 0 Å². The van der Waals surface area contributed by atoms with E-state index in [1.54, 1.807) is 0 Å². The summed E-state index contributed by atoms with van der Waals surface area (Å²) in [6.07, 6.45) is 3.92. The lowest BCUT2D eigenvalue weighted by molar-refractivity contribution is -0.136. The Kier molecular flexibility index (Phi) is 6.14. The lowest BCUT2D eigenvalue weighted by Crippen LogP contribution is -2.49. The molecule has 1 atom stereocenters. The molecule has 2 N–H and O–H groups in total. The quantitative estimate of drug-likeness (QED) is 0.642. The molecular weight excluding hydrogens is 432 g/mol. The summed E-state index contributed by atoms with van der Waals surface area (Å²) in [5.74, 6) is -1.15. The number of aryl methyl sites for hydroxylation is 2. The Morgan fingerprint density at radius 3 is 2.41 bits per heavy atom. The highest BCUT2D eigenvalue weighted by Crippen LogP contribution is 2.38. The molecule has 2 aromatic rings. The van der Waals surface area contributed by atoms with Crippen molar-refractivity contribution < 1.29 is 14.4 Å². The zero-order chi connectivity index (χ0) is 23.8. The average Bonchev–Trinajstić information content (AvgIpc) is 3.45. The maximum absolute atomic E-state index is 12.7. The molecule has 5 rings (SSSR count). The number of anilines is 2. The number of piperazine rings is 1. The van der Waals surface area contributed by atoms with Gasteiger partial charge in [0.1, 0.15) is 0 Å². The second kappa shape index (κ2) is 9.23. The van der Waals surface area contributed by atoms with Gasteiger partial charge in [-0.25, -0.2) is 0 Å². The van der Waals surface area contributed by atoms with Gasteiger partial charge in [0, 0.05) is 70.3 Å². The van der Waals surface area contributed by atoms with Gasteiger partial charge in [-0.15, -0.1) is 0 Å². The molecule has 9 nitrogen and oxygen atoms in total.